The molecule has 0 amide bonds. The Morgan fingerprint density at radius 1 is 0.684 bits per heavy atom. The Morgan fingerprint density at radius 3 is 1.65 bits per heavy atom. The summed E-state index contributed by atoms with van der Waals surface area (Å²) in [6.07, 6.45) is 10.6. The van der Waals surface area contributed by atoms with Crippen LogP contribution in [0.5, 0.6) is 17.2 Å². The van der Waals surface area contributed by atoms with Gasteiger partial charge in [-0.05, 0) is 61.1 Å². The van der Waals surface area contributed by atoms with E-state index in [9.17, 15) is 8.42 Å². The standard InChI is InChI=1S/C16H24N2O2.C15H22N2O.C13H18N2O3S/c1-4-7-19-13-8-12-10-20-15-14(11(2)3)5-6-17-16(15)18(12)9-13;1-4-11-7-12-9-18-14-13(10(2)3)5-6-16-15(14)17(12)8-11;1-9(2)11-3-4-14-13-12(11)18-7-10-8-19(16,17)6-5-15(10)13/h5-6,11-13H,4,7-10H2,1-3H3;5-6,10-12H,4,7-9H2,1-3H3;3-4,9-10H,5-8H2,1-2H3. The van der Waals surface area contributed by atoms with Crippen molar-refractivity contribution in [2.75, 3.05) is 72.3 Å². The molecule has 312 valence electrons. The average molecular weight is 805 g/mol. The lowest BCUT2D eigenvalue weighted by Gasteiger charge is -2.41. The number of rotatable bonds is 7. The first-order valence-corrected chi connectivity index (χ1v) is 23.2. The zero-order valence-corrected chi connectivity index (χ0v) is 36.1. The van der Waals surface area contributed by atoms with E-state index in [2.05, 4.69) is 97.2 Å². The molecule has 57 heavy (non-hydrogen) atoms. The van der Waals surface area contributed by atoms with Crippen LogP contribution in [0.3, 0.4) is 0 Å². The zero-order valence-electron chi connectivity index (χ0n) is 35.3. The number of sulfone groups is 1. The van der Waals surface area contributed by atoms with Crippen LogP contribution in [0, 0.1) is 5.92 Å². The minimum absolute atomic E-state index is 0.0961. The van der Waals surface area contributed by atoms with Gasteiger partial charge in [-0.15, -0.1) is 0 Å². The molecule has 0 aliphatic carbocycles. The molecule has 12 nitrogen and oxygen atoms in total. The van der Waals surface area contributed by atoms with E-state index in [1.54, 1.807) is 6.20 Å². The van der Waals surface area contributed by atoms with Crippen LogP contribution in [-0.2, 0) is 14.6 Å². The summed E-state index contributed by atoms with van der Waals surface area (Å²) in [5.41, 5.74) is 3.68. The van der Waals surface area contributed by atoms with Crippen molar-refractivity contribution in [3.8, 4) is 17.2 Å². The van der Waals surface area contributed by atoms with Gasteiger partial charge in [0.05, 0.1) is 35.7 Å². The third kappa shape index (κ3) is 8.79. The molecule has 9 heterocycles. The van der Waals surface area contributed by atoms with Crippen LogP contribution in [0.15, 0.2) is 36.8 Å². The van der Waals surface area contributed by atoms with Gasteiger partial charge in [0.2, 0.25) is 0 Å². The van der Waals surface area contributed by atoms with Crippen molar-refractivity contribution in [2.45, 2.75) is 123 Å². The SMILES string of the molecule is CC(C)c1ccnc2c1OCC1CS(=O)(=O)CCN21.CCC1CC2COc3c(C(C)C)ccnc3N2C1.CCCOC1CC2COc3c(C(C)C)ccnc3N2C1. The predicted octanol–water partition coefficient (Wildman–Crippen LogP) is 7.37. The van der Waals surface area contributed by atoms with Gasteiger partial charge in [-0.2, -0.15) is 0 Å². The fourth-order valence-electron chi connectivity index (χ4n) is 9.04. The molecule has 5 unspecified atom stereocenters. The van der Waals surface area contributed by atoms with Crippen molar-refractivity contribution in [1.29, 1.82) is 0 Å². The Kier molecular flexibility index (Phi) is 12.7. The highest BCUT2D eigenvalue weighted by Crippen LogP contribution is 2.44. The molecule has 3 fully saturated rings. The average Bonchev–Trinajstić information content (AvgIpc) is 3.84. The zero-order chi connectivity index (χ0) is 40.4. The highest BCUT2D eigenvalue weighted by molar-refractivity contribution is 7.91. The molecule has 0 spiro atoms. The van der Waals surface area contributed by atoms with E-state index in [-0.39, 0.29) is 17.5 Å². The lowest BCUT2D eigenvalue weighted by atomic mass is 10.0. The molecule has 0 saturated carbocycles. The van der Waals surface area contributed by atoms with Crippen molar-refractivity contribution in [3.63, 3.8) is 0 Å². The first kappa shape index (κ1) is 41.3. The van der Waals surface area contributed by atoms with E-state index in [1.807, 2.05) is 18.5 Å². The molecular formula is C44H64N6O6S. The van der Waals surface area contributed by atoms with Crippen molar-refractivity contribution in [3.05, 3.63) is 53.5 Å². The van der Waals surface area contributed by atoms with E-state index in [4.69, 9.17) is 18.9 Å². The summed E-state index contributed by atoms with van der Waals surface area (Å²) in [4.78, 5) is 20.5. The second-order valence-corrected chi connectivity index (χ2v) is 19.6. The highest BCUT2D eigenvalue weighted by atomic mass is 32.2. The van der Waals surface area contributed by atoms with Gasteiger partial charge in [0.1, 0.15) is 19.8 Å². The molecule has 3 aromatic heterocycles. The Labute approximate surface area is 340 Å². The Morgan fingerprint density at radius 2 is 1.16 bits per heavy atom. The van der Waals surface area contributed by atoms with Crippen molar-refractivity contribution in [2.24, 2.45) is 5.92 Å². The molecule has 6 aliphatic heterocycles. The van der Waals surface area contributed by atoms with Crippen LogP contribution >= 0.6 is 0 Å². The van der Waals surface area contributed by atoms with Gasteiger partial charge < -0.3 is 33.6 Å². The normalized spacial score (nSPS) is 25.0. The third-order valence-corrected chi connectivity index (χ3v) is 13.9. The van der Waals surface area contributed by atoms with E-state index in [0.29, 0.717) is 49.1 Å². The molecule has 3 saturated heterocycles. The van der Waals surface area contributed by atoms with Crippen LogP contribution in [0.25, 0.3) is 0 Å². The smallest absolute Gasteiger partial charge is 0.172 e. The summed E-state index contributed by atoms with van der Waals surface area (Å²) in [5, 5.41) is 0. The maximum Gasteiger partial charge on any atom is 0.172 e. The molecule has 6 aliphatic rings. The van der Waals surface area contributed by atoms with E-state index >= 15 is 0 Å². The molecule has 5 atom stereocenters. The number of anilines is 3. The van der Waals surface area contributed by atoms with Crippen LogP contribution < -0.4 is 28.9 Å². The molecule has 13 heteroatoms. The second kappa shape index (κ2) is 17.6. The van der Waals surface area contributed by atoms with Gasteiger partial charge in [0.25, 0.3) is 0 Å². The van der Waals surface area contributed by atoms with Gasteiger partial charge >= 0.3 is 0 Å². The van der Waals surface area contributed by atoms with Crippen LogP contribution in [0.1, 0.15) is 116 Å². The minimum atomic E-state index is -2.93. The molecule has 3 aromatic rings. The summed E-state index contributed by atoms with van der Waals surface area (Å²) in [5.74, 6) is 8.21. The second-order valence-electron chi connectivity index (χ2n) is 17.4. The fraction of sp³-hybridized carbons (Fsp3) is 0.659. The van der Waals surface area contributed by atoms with E-state index in [0.717, 1.165) is 91.9 Å². The highest BCUT2D eigenvalue weighted by Gasteiger charge is 2.41. The van der Waals surface area contributed by atoms with Gasteiger partial charge in [0, 0.05) is 61.5 Å². The quantitative estimate of drug-likeness (QED) is 0.237. The first-order chi connectivity index (χ1) is 27.4. The molecular weight excluding hydrogens is 741 g/mol. The number of ether oxygens (including phenoxy) is 4. The minimum Gasteiger partial charge on any atom is -0.487 e. The molecule has 9 rings (SSSR count). The Balaban J connectivity index is 0.000000131. The van der Waals surface area contributed by atoms with Crippen molar-refractivity contribution < 1.29 is 27.4 Å². The topological polar surface area (TPSA) is 119 Å². The van der Waals surface area contributed by atoms with Crippen molar-refractivity contribution >= 4 is 27.3 Å². The lowest BCUT2D eigenvalue weighted by Crippen LogP contribution is -2.53. The number of aromatic nitrogens is 3. The van der Waals surface area contributed by atoms with Gasteiger partial charge in [-0.1, -0.05) is 61.8 Å². The Hall–Kier alpha value is -3.84. The van der Waals surface area contributed by atoms with Gasteiger partial charge in [-0.25, -0.2) is 23.4 Å². The molecule has 0 N–H and O–H groups in total. The predicted molar refractivity (Wildman–Crippen MR) is 227 cm³/mol. The number of fused-ring (bicyclic) bond motifs is 9. The Bertz CT molecular complexity index is 1960. The van der Waals surface area contributed by atoms with E-state index < -0.39 is 9.84 Å². The van der Waals surface area contributed by atoms with Gasteiger partial charge in [-0.3, -0.25) is 0 Å². The van der Waals surface area contributed by atoms with Gasteiger partial charge in [0.15, 0.2) is 44.5 Å². The summed E-state index contributed by atoms with van der Waals surface area (Å²) in [7, 11) is -2.93. The monoisotopic (exact) mass is 804 g/mol. The molecule has 0 aromatic carbocycles. The van der Waals surface area contributed by atoms with Crippen molar-refractivity contribution in [1.82, 2.24) is 15.0 Å². The number of hydrogen-bond donors (Lipinski definition) is 0. The maximum atomic E-state index is 11.7. The summed E-state index contributed by atoms with van der Waals surface area (Å²) in [6.45, 7) is 22.9. The van der Waals surface area contributed by atoms with Crippen LogP contribution in [0.2, 0.25) is 0 Å². The largest absolute Gasteiger partial charge is 0.487 e. The number of nitrogens with zero attached hydrogens (tertiary/aromatic N) is 6. The fourth-order valence-corrected chi connectivity index (χ4v) is 10.5. The lowest BCUT2D eigenvalue weighted by molar-refractivity contribution is 0.0655. The summed E-state index contributed by atoms with van der Waals surface area (Å²) in [6, 6.07) is 7.00. The summed E-state index contributed by atoms with van der Waals surface area (Å²) >= 11 is 0. The van der Waals surface area contributed by atoms with Crippen LogP contribution in [-0.4, -0.2) is 105 Å². The summed E-state index contributed by atoms with van der Waals surface area (Å²) < 4.78 is 47.1. The molecule has 0 bridgehead atoms. The number of hydrogen-bond acceptors (Lipinski definition) is 12. The third-order valence-electron chi connectivity index (χ3n) is 12.2. The van der Waals surface area contributed by atoms with Crippen LogP contribution in [0.4, 0.5) is 17.5 Å². The maximum absolute atomic E-state index is 11.7. The first-order valence-electron chi connectivity index (χ1n) is 21.4. The van der Waals surface area contributed by atoms with E-state index in [1.165, 1.54) is 24.0 Å². The molecule has 0 radical (unpaired) electrons. The number of pyridine rings is 3.